The van der Waals surface area contributed by atoms with E-state index in [-0.39, 0.29) is 24.7 Å². The minimum absolute atomic E-state index is 0.000394. The second kappa shape index (κ2) is 15.1. The van der Waals surface area contributed by atoms with E-state index in [4.69, 9.17) is 33.7 Å². The van der Waals surface area contributed by atoms with Crippen LogP contribution in [0.1, 0.15) is 87.8 Å². The van der Waals surface area contributed by atoms with Crippen LogP contribution in [0.15, 0.2) is 37.1 Å². The SMILES string of the molecule is Cc1c(C(=O)NC2CCC(NC(=O)OC(C)(C)C)CC2)c2ncnc(-c3cc(C4(C)OC=CO4)ccc3OCC3CC3)c2n1COCC[Si](C)(C)C. The number of nitrogens with one attached hydrogen (secondary N) is 2. The van der Waals surface area contributed by atoms with Gasteiger partial charge in [0.1, 0.15) is 48.1 Å². The Kier molecular flexibility index (Phi) is 10.9. The van der Waals surface area contributed by atoms with E-state index in [1.807, 2.05) is 57.4 Å². The lowest BCUT2D eigenvalue weighted by molar-refractivity contribution is -0.133. The van der Waals surface area contributed by atoms with Gasteiger partial charge in [0.05, 0.1) is 17.7 Å². The quantitative estimate of drug-likeness (QED) is 0.133. The molecule has 1 aliphatic heterocycles. The number of amides is 2. The second-order valence-electron chi connectivity index (χ2n) is 16.7. The van der Waals surface area contributed by atoms with Crippen LogP contribution in [0, 0.1) is 12.8 Å². The minimum atomic E-state index is -1.33. The van der Waals surface area contributed by atoms with Crippen LogP contribution in [-0.4, -0.2) is 65.5 Å². The number of nitrogens with zero attached hydrogens (tertiary/aromatic N) is 3. The Morgan fingerprint density at radius 2 is 1.67 bits per heavy atom. The van der Waals surface area contributed by atoms with Gasteiger partial charge in [0.2, 0.25) is 0 Å². The highest BCUT2D eigenvalue weighted by Gasteiger charge is 2.35. The molecule has 2 aliphatic carbocycles. The first-order chi connectivity index (χ1) is 24.6. The molecular formula is C39H55N5O7Si. The molecule has 13 heteroatoms. The number of hydrogen-bond donors (Lipinski definition) is 2. The molecule has 0 atom stereocenters. The zero-order valence-corrected chi connectivity index (χ0v) is 33.0. The van der Waals surface area contributed by atoms with Crippen molar-refractivity contribution >= 4 is 31.1 Å². The molecule has 2 amide bonds. The van der Waals surface area contributed by atoms with E-state index in [1.165, 1.54) is 6.33 Å². The lowest BCUT2D eigenvalue weighted by Crippen LogP contribution is -2.45. The number of rotatable bonds is 13. The van der Waals surface area contributed by atoms with Crippen molar-refractivity contribution in [3.05, 3.63) is 53.9 Å². The summed E-state index contributed by atoms with van der Waals surface area (Å²) < 4.78 is 31.9. The van der Waals surface area contributed by atoms with Gasteiger partial charge in [-0.3, -0.25) is 4.79 Å². The number of ether oxygens (including phenoxy) is 5. The van der Waals surface area contributed by atoms with Crippen molar-refractivity contribution < 1.29 is 33.3 Å². The van der Waals surface area contributed by atoms with Gasteiger partial charge < -0.3 is 38.9 Å². The van der Waals surface area contributed by atoms with Crippen molar-refractivity contribution in [3.63, 3.8) is 0 Å². The molecule has 282 valence electrons. The zero-order chi connectivity index (χ0) is 37.3. The average Bonchev–Trinajstić information content (AvgIpc) is 3.72. The fourth-order valence-electron chi connectivity index (χ4n) is 6.66. The Hall–Kier alpha value is -4.10. The van der Waals surface area contributed by atoms with Crippen molar-refractivity contribution in [3.8, 4) is 17.0 Å². The summed E-state index contributed by atoms with van der Waals surface area (Å²) in [7, 11) is -1.33. The van der Waals surface area contributed by atoms with Gasteiger partial charge in [-0.15, -0.1) is 0 Å². The van der Waals surface area contributed by atoms with Gasteiger partial charge in [-0.05, 0) is 96.4 Å². The van der Waals surface area contributed by atoms with Crippen molar-refractivity contribution in [2.45, 2.75) is 129 Å². The van der Waals surface area contributed by atoms with E-state index in [0.29, 0.717) is 47.2 Å². The predicted octanol–water partition coefficient (Wildman–Crippen LogP) is 7.76. The van der Waals surface area contributed by atoms with Crippen LogP contribution < -0.4 is 15.4 Å². The number of fused-ring (bicyclic) bond motifs is 1. The fraction of sp³-hybridized carbons (Fsp3) is 0.590. The number of aromatic nitrogens is 3. The Morgan fingerprint density at radius 1 is 1.00 bits per heavy atom. The summed E-state index contributed by atoms with van der Waals surface area (Å²) in [6.45, 7) is 17.8. The van der Waals surface area contributed by atoms with Crippen LogP contribution in [0.4, 0.5) is 4.79 Å². The highest BCUT2D eigenvalue weighted by atomic mass is 28.3. The molecule has 52 heavy (non-hydrogen) atoms. The first-order valence-corrected chi connectivity index (χ1v) is 22.3. The van der Waals surface area contributed by atoms with Crippen LogP contribution in [0.25, 0.3) is 22.3 Å². The number of hydrogen-bond acceptors (Lipinski definition) is 9. The van der Waals surface area contributed by atoms with Gasteiger partial charge >= 0.3 is 6.09 Å². The van der Waals surface area contributed by atoms with E-state index in [2.05, 4.69) is 30.3 Å². The van der Waals surface area contributed by atoms with Crippen LogP contribution in [0.3, 0.4) is 0 Å². The third-order valence-corrected chi connectivity index (χ3v) is 11.6. The largest absolute Gasteiger partial charge is 0.493 e. The third kappa shape index (κ3) is 9.09. The molecule has 2 aromatic heterocycles. The maximum absolute atomic E-state index is 14.2. The van der Waals surface area contributed by atoms with Crippen molar-refractivity contribution in [1.82, 2.24) is 25.2 Å². The summed E-state index contributed by atoms with van der Waals surface area (Å²) in [5, 5.41) is 6.27. The molecule has 0 radical (unpaired) electrons. The Bertz CT molecular complexity index is 1790. The molecule has 3 heterocycles. The smallest absolute Gasteiger partial charge is 0.407 e. The van der Waals surface area contributed by atoms with Crippen molar-refractivity contribution in [2.24, 2.45) is 5.92 Å². The van der Waals surface area contributed by atoms with Gasteiger partial charge in [-0.25, -0.2) is 14.8 Å². The molecule has 2 saturated carbocycles. The van der Waals surface area contributed by atoms with Gasteiger partial charge in [0.15, 0.2) is 0 Å². The van der Waals surface area contributed by atoms with E-state index < -0.39 is 25.6 Å². The van der Waals surface area contributed by atoms with Crippen molar-refractivity contribution in [1.29, 1.82) is 0 Å². The fourth-order valence-corrected chi connectivity index (χ4v) is 7.42. The van der Waals surface area contributed by atoms with Crippen LogP contribution >= 0.6 is 0 Å². The van der Waals surface area contributed by atoms with Crippen LogP contribution in [0.5, 0.6) is 5.75 Å². The maximum atomic E-state index is 14.2. The van der Waals surface area contributed by atoms with Gasteiger partial charge in [-0.1, -0.05) is 19.6 Å². The summed E-state index contributed by atoms with van der Waals surface area (Å²) in [6, 6.07) is 6.87. The first-order valence-electron chi connectivity index (χ1n) is 18.6. The Labute approximate surface area is 308 Å². The monoisotopic (exact) mass is 733 g/mol. The normalized spacial score (nSPS) is 19.9. The van der Waals surface area contributed by atoms with E-state index in [1.54, 1.807) is 12.5 Å². The first kappa shape index (κ1) is 37.6. The Morgan fingerprint density at radius 3 is 2.31 bits per heavy atom. The van der Waals surface area contributed by atoms with Gasteiger partial charge in [-0.2, -0.15) is 0 Å². The van der Waals surface area contributed by atoms with Crippen molar-refractivity contribution in [2.75, 3.05) is 13.2 Å². The van der Waals surface area contributed by atoms with E-state index in [0.717, 1.165) is 61.4 Å². The molecule has 0 bridgehead atoms. The highest BCUT2D eigenvalue weighted by molar-refractivity contribution is 6.76. The summed E-state index contributed by atoms with van der Waals surface area (Å²) in [4.78, 5) is 36.2. The molecule has 0 saturated heterocycles. The lowest BCUT2D eigenvalue weighted by Gasteiger charge is -2.30. The van der Waals surface area contributed by atoms with Crippen LogP contribution in [-0.2, 0) is 31.5 Å². The minimum Gasteiger partial charge on any atom is -0.493 e. The lowest BCUT2D eigenvalue weighted by atomic mass is 9.91. The third-order valence-electron chi connectivity index (χ3n) is 9.89. The number of carbonyl (C=O) groups is 2. The molecule has 0 unspecified atom stereocenters. The molecule has 1 aromatic carbocycles. The van der Waals surface area contributed by atoms with Gasteiger partial charge in [0, 0.05) is 50.5 Å². The highest BCUT2D eigenvalue weighted by Crippen LogP contribution is 2.41. The molecule has 2 fully saturated rings. The average molecular weight is 734 g/mol. The maximum Gasteiger partial charge on any atom is 0.407 e. The standard InChI is InChI=1S/C39H55N5O7Si/c1-25-32(36(45)42-28-12-14-29(15-13-28)43-37(46)51-38(2,3)4)34-35(44(25)24-47-19-20-52(6,7)8)33(40-23-41-34)30-21-27(39(5)49-17-18-50-39)11-16-31(30)48-22-26-9-10-26/h11,16-18,21,23,26,28-29H,9-10,12-15,19-20,22,24H2,1-8H3,(H,42,45)(H,43,46). The zero-order valence-electron chi connectivity index (χ0n) is 32.0. The van der Waals surface area contributed by atoms with E-state index in [9.17, 15) is 9.59 Å². The number of benzene rings is 1. The molecule has 12 nitrogen and oxygen atoms in total. The van der Waals surface area contributed by atoms with Crippen LogP contribution in [0.2, 0.25) is 25.7 Å². The molecule has 2 N–H and O–H groups in total. The topological polar surface area (TPSA) is 135 Å². The summed E-state index contributed by atoms with van der Waals surface area (Å²) >= 11 is 0. The molecule has 3 aromatic rings. The van der Waals surface area contributed by atoms with Gasteiger partial charge in [0.25, 0.3) is 11.7 Å². The number of alkyl carbamates (subject to hydrolysis) is 1. The molecular weight excluding hydrogens is 679 g/mol. The second-order valence-corrected chi connectivity index (χ2v) is 22.4. The molecule has 0 spiro atoms. The summed E-state index contributed by atoms with van der Waals surface area (Å²) in [5.41, 5.74) is 4.13. The predicted molar refractivity (Wildman–Crippen MR) is 202 cm³/mol. The summed E-state index contributed by atoms with van der Waals surface area (Å²) in [5.74, 6) is 0.0469. The molecule has 3 aliphatic rings. The number of carbonyl (C=O) groups excluding carboxylic acids is 2. The van der Waals surface area contributed by atoms with E-state index >= 15 is 0 Å². The Balaban J connectivity index is 1.32. The summed E-state index contributed by atoms with van der Waals surface area (Å²) in [6.07, 6.45) is 9.46. The molecule has 6 rings (SSSR count).